The summed E-state index contributed by atoms with van der Waals surface area (Å²) < 4.78 is 11.0. The highest BCUT2D eigenvalue weighted by Crippen LogP contribution is 2.29. The van der Waals surface area contributed by atoms with E-state index in [1.54, 1.807) is 31.2 Å². The molecule has 0 aliphatic carbocycles. The summed E-state index contributed by atoms with van der Waals surface area (Å²) in [6.07, 6.45) is -0.657. The molecule has 2 unspecified atom stereocenters. The summed E-state index contributed by atoms with van der Waals surface area (Å²) in [5.41, 5.74) is 1.22. The lowest BCUT2D eigenvalue weighted by Crippen LogP contribution is -2.27. The molecule has 2 aromatic carbocycles. The van der Waals surface area contributed by atoms with Crippen molar-refractivity contribution in [2.45, 2.75) is 45.8 Å². The van der Waals surface area contributed by atoms with Crippen LogP contribution in [0.2, 0.25) is 5.02 Å². The molecule has 0 aliphatic rings. The number of carbonyl (C=O) groups is 1. The minimum absolute atomic E-state index is 0.260. The fourth-order valence-electron chi connectivity index (χ4n) is 2.80. The first-order chi connectivity index (χ1) is 12.7. The molecule has 0 aliphatic heterocycles. The van der Waals surface area contributed by atoms with Gasteiger partial charge < -0.3 is 14.6 Å². The van der Waals surface area contributed by atoms with Crippen LogP contribution in [0.25, 0.3) is 0 Å². The molecule has 146 valence electrons. The lowest BCUT2D eigenvalue weighted by atomic mass is 9.90. The Hall–Kier alpha value is -2.04. The molecule has 1 N–H and O–H groups in total. The summed E-state index contributed by atoms with van der Waals surface area (Å²) >= 11 is 6.02. The summed E-state index contributed by atoms with van der Waals surface area (Å²) in [5, 5.41) is 11.3. The van der Waals surface area contributed by atoms with Crippen LogP contribution in [0, 0.1) is 5.92 Å². The average Bonchev–Trinajstić information content (AvgIpc) is 2.59. The Morgan fingerprint density at radius 1 is 1.15 bits per heavy atom. The highest BCUT2D eigenvalue weighted by molar-refractivity contribution is 6.30. The van der Waals surface area contributed by atoms with Crippen molar-refractivity contribution in [3.05, 3.63) is 64.7 Å². The Bertz CT molecular complexity index is 750. The predicted octanol–water partition coefficient (Wildman–Crippen LogP) is 4.97. The van der Waals surface area contributed by atoms with E-state index in [1.165, 1.54) is 0 Å². The first-order valence-electron chi connectivity index (χ1n) is 9.07. The highest BCUT2D eigenvalue weighted by Gasteiger charge is 2.30. The van der Waals surface area contributed by atoms with E-state index in [1.807, 2.05) is 45.0 Å². The SMILES string of the molecule is CCOC(=O)C(Cc1ccc(OC(C)(C)C)cc1)C(O)c1cccc(Cl)c1. The molecule has 5 heteroatoms. The van der Waals surface area contributed by atoms with E-state index in [4.69, 9.17) is 21.1 Å². The fraction of sp³-hybridized carbons (Fsp3) is 0.409. The van der Waals surface area contributed by atoms with Crippen LogP contribution in [0.15, 0.2) is 48.5 Å². The smallest absolute Gasteiger partial charge is 0.312 e. The molecule has 2 rings (SSSR count). The van der Waals surface area contributed by atoms with Gasteiger partial charge in [0, 0.05) is 5.02 Å². The number of benzene rings is 2. The summed E-state index contributed by atoms with van der Waals surface area (Å²) in [6, 6.07) is 14.4. The van der Waals surface area contributed by atoms with Crippen molar-refractivity contribution in [3.63, 3.8) is 0 Å². The molecular formula is C22H27ClO4. The topological polar surface area (TPSA) is 55.8 Å². The van der Waals surface area contributed by atoms with Gasteiger partial charge in [-0.1, -0.05) is 35.9 Å². The number of esters is 1. The fourth-order valence-corrected chi connectivity index (χ4v) is 3.00. The van der Waals surface area contributed by atoms with Crippen molar-refractivity contribution in [2.24, 2.45) is 5.92 Å². The maximum atomic E-state index is 12.5. The van der Waals surface area contributed by atoms with Crippen LogP contribution in [0.5, 0.6) is 5.75 Å². The van der Waals surface area contributed by atoms with Crippen molar-refractivity contribution in [1.29, 1.82) is 0 Å². The Morgan fingerprint density at radius 3 is 2.37 bits per heavy atom. The van der Waals surface area contributed by atoms with E-state index < -0.39 is 18.0 Å². The third-order valence-electron chi connectivity index (χ3n) is 3.96. The van der Waals surface area contributed by atoms with E-state index in [9.17, 15) is 9.90 Å². The quantitative estimate of drug-likeness (QED) is 0.678. The minimum Gasteiger partial charge on any atom is -0.488 e. The first-order valence-corrected chi connectivity index (χ1v) is 9.45. The van der Waals surface area contributed by atoms with E-state index in [-0.39, 0.29) is 12.2 Å². The number of aliphatic hydroxyl groups excluding tert-OH is 1. The zero-order chi connectivity index (χ0) is 20.0. The van der Waals surface area contributed by atoms with Gasteiger partial charge in [0.1, 0.15) is 11.4 Å². The van der Waals surface area contributed by atoms with Gasteiger partial charge in [-0.2, -0.15) is 0 Å². The summed E-state index contributed by atoms with van der Waals surface area (Å²) in [7, 11) is 0. The van der Waals surface area contributed by atoms with Crippen LogP contribution < -0.4 is 4.74 Å². The summed E-state index contributed by atoms with van der Waals surface area (Å²) in [4.78, 5) is 12.5. The second-order valence-electron chi connectivity index (χ2n) is 7.42. The molecule has 2 atom stereocenters. The van der Waals surface area contributed by atoms with Gasteiger partial charge in [0.05, 0.1) is 18.6 Å². The van der Waals surface area contributed by atoms with Crippen molar-refractivity contribution in [2.75, 3.05) is 6.61 Å². The molecular weight excluding hydrogens is 364 g/mol. The zero-order valence-corrected chi connectivity index (χ0v) is 17.0. The summed E-state index contributed by atoms with van der Waals surface area (Å²) in [5.74, 6) is -0.396. The molecule has 0 amide bonds. The number of hydrogen-bond acceptors (Lipinski definition) is 4. The Kier molecular flexibility index (Phi) is 7.28. The predicted molar refractivity (Wildman–Crippen MR) is 107 cm³/mol. The maximum Gasteiger partial charge on any atom is 0.312 e. The van der Waals surface area contributed by atoms with Crippen LogP contribution in [-0.2, 0) is 16.0 Å². The Balaban J connectivity index is 2.20. The third kappa shape index (κ3) is 6.56. The maximum absolute atomic E-state index is 12.5. The molecule has 27 heavy (non-hydrogen) atoms. The molecule has 0 aromatic heterocycles. The van der Waals surface area contributed by atoms with Gasteiger partial charge in [-0.15, -0.1) is 0 Å². The van der Waals surface area contributed by atoms with E-state index in [0.717, 1.165) is 11.3 Å². The van der Waals surface area contributed by atoms with Crippen LogP contribution >= 0.6 is 11.6 Å². The first kappa shape index (κ1) is 21.3. The van der Waals surface area contributed by atoms with Gasteiger partial charge in [-0.25, -0.2) is 0 Å². The zero-order valence-electron chi connectivity index (χ0n) is 16.2. The largest absolute Gasteiger partial charge is 0.488 e. The Labute approximate surface area is 166 Å². The normalized spacial score (nSPS) is 13.7. The molecule has 0 bridgehead atoms. The highest BCUT2D eigenvalue weighted by atomic mass is 35.5. The average molecular weight is 391 g/mol. The molecule has 0 radical (unpaired) electrons. The van der Waals surface area contributed by atoms with E-state index in [0.29, 0.717) is 17.0 Å². The number of aliphatic hydroxyl groups is 1. The van der Waals surface area contributed by atoms with Crippen molar-refractivity contribution >= 4 is 17.6 Å². The van der Waals surface area contributed by atoms with Gasteiger partial charge in [0.2, 0.25) is 0 Å². The molecule has 2 aromatic rings. The van der Waals surface area contributed by atoms with Gasteiger partial charge in [-0.3, -0.25) is 4.79 Å². The summed E-state index contributed by atoms with van der Waals surface area (Å²) in [6.45, 7) is 7.96. The van der Waals surface area contributed by atoms with Gasteiger partial charge >= 0.3 is 5.97 Å². The third-order valence-corrected chi connectivity index (χ3v) is 4.20. The van der Waals surface area contributed by atoms with Crippen LogP contribution in [0.1, 0.15) is 44.9 Å². The number of hydrogen-bond donors (Lipinski definition) is 1. The minimum atomic E-state index is -1.01. The van der Waals surface area contributed by atoms with Crippen molar-refractivity contribution in [1.82, 2.24) is 0 Å². The van der Waals surface area contributed by atoms with Crippen molar-refractivity contribution < 1.29 is 19.4 Å². The number of ether oxygens (including phenoxy) is 2. The number of halogens is 1. The second kappa shape index (κ2) is 9.25. The van der Waals surface area contributed by atoms with Gasteiger partial charge in [-0.05, 0) is 69.5 Å². The molecule has 0 heterocycles. The monoisotopic (exact) mass is 390 g/mol. The Morgan fingerprint density at radius 2 is 1.81 bits per heavy atom. The van der Waals surface area contributed by atoms with E-state index >= 15 is 0 Å². The van der Waals surface area contributed by atoms with Crippen molar-refractivity contribution in [3.8, 4) is 5.75 Å². The van der Waals surface area contributed by atoms with Gasteiger partial charge in [0.25, 0.3) is 0 Å². The number of rotatable bonds is 7. The molecule has 4 nitrogen and oxygen atoms in total. The lowest BCUT2D eigenvalue weighted by Gasteiger charge is -2.23. The number of carbonyl (C=O) groups excluding carboxylic acids is 1. The van der Waals surface area contributed by atoms with Crippen LogP contribution in [0.4, 0.5) is 0 Å². The molecule has 0 saturated carbocycles. The molecule has 0 spiro atoms. The lowest BCUT2D eigenvalue weighted by molar-refractivity contribution is -0.152. The van der Waals surface area contributed by atoms with Crippen LogP contribution in [0.3, 0.4) is 0 Å². The molecule has 0 fully saturated rings. The van der Waals surface area contributed by atoms with Crippen LogP contribution in [-0.4, -0.2) is 23.3 Å². The van der Waals surface area contributed by atoms with E-state index in [2.05, 4.69) is 0 Å². The van der Waals surface area contributed by atoms with Gasteiger partial charge in [0.15, 0.2) is 0 Å². The second-order valence-corrected chi connectivity index (χ2v) is 7.86. The standard InChI is InChI=1S/C22H27ClO4/c1-5-26-21(25)19(20(24)16-7-6-8-17(23)14-16)13-15-9-11-18(12-10-15)27-22(2,3)4/h6-12,14,19-20,24H,5,13H2,1-4H3. The molecule has 0 saturated heterocycles.